The molecule has 1 fully saturated rings. The minimum Gasteiger partial charge on any atom is -0.303 e. The van der Waals surface area contributed by atoms with E-state index < -0.39 is 9.84 Å². The molecule has 0 aromatic heterocycles. The number of benzene rings is 2. The normalized spacial score (nSPS) is 17.5. The van der Waals surface area contributed by atoms with Crippen molar-refractivity contribution in [3.05, 3.63) is 65.2 Å². The Bertz CT molecular complexity index is 808. The minimum absolute atomic E-state index is 0.170. The number of hydrogen-bond acceptors (Lipinski definition) is 3. The lowest BCUT2D eigenvalue weighted by Gasteiger charge is -2.25. The summed E-state index contributed by atoms with van der Waals surface area (Å²) >= 11 is 0. The molecule has 1 N–H and O–H groups in total. The zero-order chi connectivity index (χ0) is 17.3. The molecule has 128 valence electrons. The first-order valence-electron chi connectivity index (χ1n) is 8.48. The molecular weight excluding hydrogens is 318 g/mol. The average Bonchev–Trinajstić information content (AvgIpc) is 3.37. The van der Waals surface area contributed by atoms with Crippen LogP contribution in [0.15, 0.2) is 53.4 Å². The molecule has 4 heteroatoms. The maximum atomic E-state index is 11.6. The number of aryl methyl sites for hydroxylation is 1. The first kappa shape index (κ1) is 17.2. The predicted molar refractivity (Wildman–Crippen MR) is 97.7 cm³/mol. The largest absolute Gasteiger partial charge is 0.303 e. The van der Waals surface area contributed by atoms with Gasteiger partial charge in [-0.25, -0.2) is 8.42 Å². The van der Waals surface area contributed by atoms with Crippen molar-refractivity contribution in [3.63, 3.8) is 0 Å². The third-order valence-electron chi connectivity index (χ3n) is 4.85. The van der Waals surface area contributed by atoms with E-state index in [2.05, 4.69) is 43.4 Å². The second-order valence-corrected chi connectivity index (χ2v) is 8.92. The first-order valence-corrected chi connectivity index (χ1v) is 10.4. The molecule has 0 unspecified atom stereocenters. The Balaban J connectivity index is 1.79. The molecule has 0 spiro atoms. The highest BCUT2D eigenvalue weighted by Gasteiger charge is 2.33. The molecule has 24 heavy (non-hydrogen) atoms. The second-order valence-electron chi connectivity index (χ2n) is 6.90. The van der Waals surface area contributed by atoms with E-state index >= 15 is 0 Å². The summed E-state index contributed by atoms with van der Waals surface area (Å²) in [5, 5.41) is 3.76. The van der Waals surface area contributed by atoms with E-state index in [1.165, 1.54) is 30.2 Å². The number of sulfone groups is 1. The van der Waals surface area contributed by atoms with Crippen molar-refractivity contribution < 1.29 is 8.42 Å². The fraction of sp³-hybridized carbons (Fsp3) is 0.400. The van der Waals surface area contributed by atoms with Gasteiger partial charge in [-0.15, -0.1) is 0 Å². The fourth-order valence-electron chi connectivity index (χ4n) is 3.21. The molecule has 1 saturated carbocycles. The standard InChI is InChI=1S/C20H25NO2S/c1-14-6-4-5-7-19(14)20(17-8-9-17)21-15(2)16-10-12-18(13-11-16)24(3,22)23/h4-7,10-13,15,17,20-21H,8-9H2,1-3H3/t15-,20-/m1/s1. The van der Waals surface area contributed by atoms with E-state index in [4.69, 9.17) is 0 Å². The maximum Gasteiger partial charge on any atom is 0.175 e. The Hall–Kier alpha value is -1.65. The summed E-state index contributed by atoms with van der Waals surface area (Å²) in [5.74, 6) is 0.698. The Labute approximate surface area is 145 Å². The Morgan fingerprint density at radius 3 is 2.21 bits per heavy atom. The maximum absolute atomic E-state index is 11.6. The van der Waals surface area contributed by atoms with Crippen molar-refractivity contribution in [2.45, 2.75) is 43.7 Å². The molecule has 1 aliphatic carbocycles. The molecule has 0 aliphatic heterocycles. The second kappa shape index (κ2) is 6.69. The smallest absolute Gasteiger partial charge is 0.175 e. The molecule has 3 rings (SSSR count). The highest BCUT2D eigenvalue weighted by Crippen LogP contribution is 2.43. The van der Waals surface area contributed by atoms with Gasteiger partial charge in [-0.05, 0) is 61.4 Å². The van der Waals surface area contributed by atoms with Crippen LogP contribution < -0.4 is 5.32 Å². The van der Waals surface area contributed by atoms with Gasteiger partial charge < -0.3 is 5.32 Å². The summed E-state index contributed by atoms with van der Waals surface area (Å²) in [7, 11) is -3.14. The monoisotopic (exact) mass is 343 g/mol. The highest BCUT2D eigenvalue weighted by atomic mass is 32.2. The van der Waals surface area contributed by atoms with Crippen LogP contribution in [0.2, 0.25) is 0 Å². The van der Waals surface area contributed by atoms with Crippen LogP contribution in [-0.4, -0.2) is 14.7 Å². The quantitative estimate of drug-likeness (QED) is 0.855. The predicted octanol–water partition coefficient (Wildman–Crippen LogP) is 4.20. The molecule has 0 heterocycles. The van der Waals surface area contributed by atoms with Gasteiger partial charge >= 0.3 is 0 Å². The minimum atomic E-state index is -3.14. The van der Waals surface area contributed by atoms with Crippen LogP contribution in [-0.2, 0) is 9.84 Å². The van der Waals surface area contributed by atoms with Crippen LogP contribution in [0.25, 0.3) is 0 Å². The van der Waals surface area contributed by atoms with Gasteiger partial charge in [0.25, 0.3) is 0 Å². The van der Waals surface area contributed by atoms with E-state index in [9.17, 15) is 8.42 Å². The third kappa shape index (κ3) is 3.87. The van der Waals surface area contributed by atoms with Gasteiger partial charge in [0.05, 0.1) is 4.90 Å². The summed E-state index contributed by atoms with van der Waals surface area (Å²) in [6.07, 6.45) is 3.78. The molecule has 2 aromatic carbocycles. The molecule has 0 radical (unpaired) electrons. The van der Waals surface area contributed by atoms with Crippen molar-refractivity contribution in [3.8, 4) is 0 Å². The number of hydrogen-bond donors (Lipinski definition) is 1. The van der Waals surface area contributed by atoms with Crippen LogP contribution in [0.4, 0.5) is 0 Å². The van der Waals surface area contributed by atoms with Crippen molar-refractivity contribution in [2.24, 2.45) is 5.92 Å². The molecule has 2 aromatic rings. The molecule has 0 amide bonds. The molecule has 0 saturated heterocycles. The van der Waals surface area contributed by atoms with Crippen LogP contribution in [0.3, 0.4) is 0 Å². The summed E-state index contributed by atoms with van der Waals surface area (Å²) in [4.78, 5) is 0.371. The zero-order valence-electron chi connectivity index (χ0n) is 14.5. The van der Waals surface area contributed by atoms with E-state index in [1.807, 2.05) is 12.1 Å². The van der Waals surface area contributed by atoms with Gasteiger partial charge in [-0.1, -0.05) is 36.4 Å². The zero-order valence-corrected chi connectivity index (χ0v) is 15.3. The average molecular weight is 343 g/mol. The van der Waals surface area contributed by atoms with Gasteiger partial charge in [0.15, 0.2) is 9.84 Å². The lowest BCUT2D eigenvalue weighted by molar-refractivity contribution is 0.426. The summed E-state index contributed by atoms with van der Waals surface area (Å²) < 4.78 is 23.2. The van der Waals surface area contributed by atoms with Crippen molar-refractivity contribution in [2.75, 3.05) is 6.26 Å². The van der Waals surface area contributed by atoms with Crippen LogP contribution in [0, 0.1) is 12.8 Å². The van der Waals surface area contributed by atoms with Crippen LogP contribution in [0.5, 0.6) is 0 Å². The summed E-state index contributed by atoms with van der Waals surface area (Å²) in [6.45, 7) is 4.31. The molecule has 0 bridgehead atoms. The van der Waals surface area contributed by atoms with Crippen molar-refractivity contribution in [1.82, 2.24) is 5.32 Å². The number of nitrogens with one attached hydrogen (secondary N) is 1. The lowest BCUT2D eigenvalue weighted by Crippen LogP contribution is -2.26. The molecule has 1 aliphatic rings. The first-order chi connectivity index (χ1) is 11.4. The third-order valence-corrected chi connectivity index (χ3v) is 5.98. The van der Waals surface area contributed by atoms with Crippen LogP contribution >= 0.6 is 0 Å². The van der Waals surface area contributed by atoms with Gasteiger partial charge in [0, 0.05) is 18.3 Å². The van der Waals surface area contributed by atoms with Gasteiger partial charge in [-0.2, -0.15) is 0 Å². The Morgan fingerprint density at radius 1 is 1.04 bits per heavy atom. The lowest BCUT2D eigenvalue weighted by atomic mass is 9.96. The van der Waals surface area contributed by atoms with Crippen molar-refractivity contribution in [1.29, 1.82) is 0 Å². The van der Waals surface area contributed by atoms with E-state index in [-0.39, 0.29) is 6.04 Å². The van der Waals surface area contributed by atoms with E-state index in [1.54, 1.807) is 12.1 Å². The summed E-state index contributed by atoms with van der Waals surface area (Å²) in [5.41, 5.74) is 3.81. The van der Waals surface area contributed by atoms with Gasteiger partial charge in [0.1, 0.15) is 0 Å². The molecular formula is C20H25NO2S. The summed E-state index contributed by atoms with van der Waals surface area (Å²) in [6, 6.07) is 16.3. The fourth-order valence-corrected chi connectivity index (χ4v) is 3.84. The topological polar surface area (TPSA) is 46.2 Å². The Morgan fingerprint density at radius 2 is 1.67 bits per heavy atom. The van der Waals surface area contributed by atoms with Crippen molar-refractivity contribution >= 4 is 9.84 Å². The van der Waals surface area contributed by atoms with Gasteiger partial charge in [0.2, 0.25) is 0 Å². The molecule has 2 atom stereocenters. The van der Waals surface area contributed by atoms with E-state index in [0.29, 0.717) is 16.9 Å². The number of rotatable bonds is 6. The molecule has 3 nitrogen and oxygen atoms in total. The van der Waals surface area contributed by atoms with Gasteiger partial charge in [-0.3, -0.25) is 0 Å². The SMILES string of the molecule is Cc1ccccc1[C@H](N[C@H](C)c1ccc(S(C)(=O)=O)cc1)C1CC1. The highest BCUT2D eigenvalue weighted by molar-refractivity contribution is 7.90. The van der Waals surface area contributed by atoms with Crippen LogP contribution in [0.1, 0.15) is 48.5 Å². The van der Waals surface area contributed by atoms with E-state index in [0.717, 1.165) is 5.56 Å². The Kier molecular flexibility index (Phi) is 4.79.